The Labute approximate surface area is 202 Å². The zero-order valence-electron chi connectivity index (χ0n) is 20.1. The Morgan fingerprint density at radius 3 is 2.82 bits per heavy atom. The number of nitrogens with zero attached hydrogens (tertiary/aromatic N) is 3. The van der Waals surface area contributed by atoms with Crippen LogP contribution in [0.5, 0.6) is 0 Å². The molecule has 1 amide bonds. The van der Waals surface area contributed by atoms with E-state index in [-0.39, 0.29) is 11.3 Å². The smallest absolute Gasteiger partial charge is 0.245 e. The number of pyridine rings is 1. The Morgan fingerprint density at radius 1 is 1.21 bits per heavy atom. The van der Waals surface area contributed by atoms with E-state index in [1.807, 2.05) is 4.90 Å². The van der Waals surface area contributed by atoms with E-state index in [1.165, 1.54) is 35.4 Å². The fourth-order valence-electron chi connectivity index (χ4n) is 7.23. The van der Waals surface area contributed by atoms with Gasteiger partial charge in [0.1, 0.15) is 5.82 Å². The van der Waals surface area contributed by atoms with E-state index >= 15 is 0 Å². The van der Waals surface area contributed by atoms with Gasteiger partial charge in [0, 0.05) is 55.1 Å². The van der Waals surface area contributed by atoms with E-state index < -0.39 is 0 Å². The molecule has 178 valence electrons. The molecule has 4 aliphatic rings. The highest BCUT2D eigenvalue weighted by atomic mass is 16.2. The minimum atomic E-state index is 0.0431. The van der Waals surface area contributed by atoms with Gasteiger partial charge in [-0.15, -0.1) is 0 Å². The monoisotopic (exact) mass is 457 g/mol. The number of hydrogen-bond donors (Lipinski definition) is 2. The van der Waals surface area contributed by atoms with Gasteiger partial charge in [-0.2, -0.15) is 0 Å². The van der Waals surface area contributed by atoms with E-state index in [4.69, 9.17) is 4.98 Å². The number of para-hydroxylation sites is 1. The molecule has 34 heavy (non-hydrogen) atoms. The summed E-state index contributed by atoms with van der Waals surface area (Å²) in [4.78, 5) is 21.6. The Hall–Kier alpha value is -2.70. The van der Waals surface area contributed by atoms with Gasteiger partial charge in [-0.25, -0.2) is 4.98 Å². The molecule has 1 aromatic heterocycles. The summed E-state index contributed by atoms with van der Waals surface area (Å²) in [5.41, 5.74) is 10.9. The van der Waals surface area contributed by atoms with E-state index in [0.717, 1.165) is 50.5 Å². The lowest BCUT2D eigenvalue weighted by Crippen LogP contribution is -2.59. The van der Waals surface area contributed by atoms with E-state index in [9.17, 15) is 4.79 Å². The summed E-state index contributed by atoms with van der Waals surface area (Å²) < 4.78 is 0. The van der Waals surface area contributed by atoms with Crippen molar-refractivity contribution < 1.29 is 4.79 Å². The number of amides is 1. The van der Waals surface area contributed by atoms with Crippen LogP contribution in [0.4, 0.5) is 5.82 Å². The lowest BCUT2D eigenvalue weighted by atomic mass is 9.66. The van der Waals surface area contributed by atoms with Crippen molar-refractivity contribution in [2.24, 2.45) is 17.3 Å². The van der Waals surface area contributed by atoms with Crippen LogP contribution >= 0.6 is 0 Å². The topological polar surface area (TPSA) is 60.5 Å². The van der Waals surface area contributed by atoms with Crippen molar-refractivity contribution in [3.05, 3.63) is 54.6 Å². The van der Waals surface area contributed by atoms with Crippen molar-refractivity contribution in [2.45, 2.75) is 38.1 Å². The van der Waals surface area contributed by atoms with Gasteiger partial charge in [0.05, 0.1) is 5.52 Å². The first kappa shape index (κ1) is 21.8. The third-order valence-corrected chi connectivity index (χ3v) is 8.92. The van der Waals surface area contributed by atoms with E-state index in [0.29, 0.717) is 23.8 Å². The molecular weight excluding hydrogens is 422 g/mol. The first-order chi connectivity index (χ1) is 16.5. The normalized spacial score (nSPS) is 29.8. The van der Waals surface area contributed by atoms with Crippen LogP contribution in [0.25, 0.3) is 17.0 Å². The van der Waals surface area contributed by atoms with Crippen molar-refractivity contribution in [1.29, 1.82) is 0 Å². The number of aromatic nitrogens is 1. The van der Waals surface area contributed by atoms with Crippen LogP contribution in [-0.2, 0) is 4.79 Å². The second kappa shape index (κ2) is 8.21. The van der Waals surface area contributed by atoms with Crippen LogP contribution in [0.15, 0.2) is 43.5 Å². The maximum Gasteiger partial charge on any atom is 0.245 e. The van der Waals surface area contributed by atoms with Gasteiger partial charge in [-0.1, -0.05) is 44.4 Å². The van der Waals surface area contributed by atoms with Crippen molar-refractivity contribution in [1.82, 2.24) is 20.7 Å². The molecule has 2 N–H and O–H groups in total. The number of carbonyl (C=O) groups excluding carboxylic acids is 1. The molecule has 6 rings (SSSR count). The molecular formula is C28H35N5O. The molecule has 4 fully saturated rings. The predicted octanol–water partition coefficient (Wildman–Crippen LogP) is 3.71. The maximum atomic E-state index is 12.0. The lowest BCUT2D eigenvalue weighted by molar-refractivity contribution is -0.136. The SMILES string of the molecule is C=CC(=O)N1CC2(CCN(c3nc4ccccc4c(C4C(C)CCC5NNCC54)c3C=C)C2)C1. The Bertz CT molecular complexity index is 1150. The molecule has 4 unspecified atom stereocenters. The van der Waals surface area contributed by atoms with Gasteiger partial charge in [0.25, 0.3) is 0 Å². The van der Waals surface area contributed by atoms with Crippen LogP contribution < -0.4 is 15.8 Å². The summed E-state index contributed by atoms with van der Waals surface area (Å²) in [5, 5.41) is 1.27. The highest BCUT2D eigenvalue weighted by molar-refractivity contribution is 5.90. The standard InChI is InChI=1S/C28H35N5O/c1-4-19-26(25-18(3)10-11-23-21(25)14-29-31-23)20-8-6-7-9-22(20)30-27(19)32-13-12-28(15-32)16-33(17-28)24(34)5-2/h4-9,18,21,23,25,29,31H,1-2,10-17H2,3H3. The van der Waals surface area contributed by atoms with Gasteiger partial charge >= 0.3 is 0 Å². The molecule has 6 heteroatoms. The zero-order valence-corrected chi connectivity index (χ0v) is 20.1. The quantitative estimate of drug-likeness (QED) is 0.686. The third-order valence-electron chi connectivity index (χ3n) is 8.92. The summed E-state index contributed by atoms with van der Waals surface area (Å²) >= 11 is 0. The van der Waals surface area contributed by atoms with Crippen LogP contribution in [0, 0.1) is 17.3 Å². The molecule has 3 saturated heterocycles. The number of hydrazine groups is 1. The second-order valence-corrected chi connectivity index (χ2v) is 10.9. The number of rotatable bonds is 4. The van der Waals surface area contributed by atoms with Crippen molar-refractivity contribution in [2.75, 3.05) is 37.6 Å². The second-order valence-electron chi connectivity index (χ2n) is 10.9. The van der Waals surface area contributed by atoms with Gasteiger partial charge in [0.2, 0.25) is 5.91 Å². The summed E-state index contributed by atoms with van der Waals surface area (Å²) in [7, 11) is 0. The Kier molecular flexibility index (Phi) is 5.26. The van der Waals surface area contributed by atoms with Crippen molar-refractivity contribution in [3.8, 4) is 0 Å². The van der Waals surface area contributed by atoms with E-state index in [2.05, 4.69) is 66.2 Å². The molecule has 3 aliphatic heterocycles. The fraction of sp³-hybridized carbons (Fsp3) is 0.500. The largest absolute Gasteiger partial charge is 0.355 e. The zero-order chi connectivity index (χ0) is 23.4. The average Bonchev–Trinajstić information content (AvgIpc) is 3.49. The lowest BCUT2D eigenvalue weighted by Gasteiger charge is -2.47. The Balaban J connectivity index is 1.42. The predicted molar refractivity (Wildman–Crippen MR) is 137 cm³/mol. The molecule has 4 atom stereocenters. The molecule has 0 bridgehead atoms. The third kappa shape index (κ3) is 3.30. The minimum absolute atomic E-state index is 0.0431. The highest BCUT2D eigenvalue weighted by Gasteiger charge is 2.50. The van der Waals surface area contributed by atoms with Gasteiger partial charge < -0.3 is 9.80 Å². The van der Waals surface area contributed by atoms with Crippen molar-refractivity contribution in [3.63, 3.8) is 0 Å². The number of likely N-dealkylation sites (tertiary alicyclic amines) is 1. The molecule has 1 saturated carbocycles. The summed E-state index contributed by atoms with van der Waals surface area (Å²) in [6.45, 7) is 14.9. The molecule has 1 aromatic carbocycles. The average molecular weight is 458 g/mol. The maximum absolute atomic E-state index is 12.0. The number of carbonyl (C=O) groups is 1. The molecule has 6 nitrogen and oxygen atoms in total. The number of fused-ring (bicyclic) bond motifs is 2. The molecule has 1 spiro atoms. The number of benzene rings is 1. The Morgan fingerprint density at radius 2 is 2.03 bits per heavy atom. The van der Waals surface area contributed by atoms with Gasteiger partial charge in [0.15, 0.2) is 0 Å². The first-order valence-corrected chi connectivity index (χ1v) is 12.7. The number of nitrogens with one attached hydrogen (secondary N) is 2. The molecule has 4 heterocycles. The summed E-state index contributed by atoms with van der Waals surface area (Å²) in [5.74, 6) is 2.75. The van der Waals surface area contributed by atoms with Crippen LogP contribution in [-0.4, -0.2) is 54.6 Å². The van der Waals surface area contributed by atoms with Gasteiger partial charge in [-0.05, 0) is 54.7 Å². The van der Waals surface area contributed by atoms with Crippen molar-refractivity contribution >= 4 is 28.7 Å². The number of hydrogen-bond acceptors (Lipinski definition) is 5. The first-order valence-electron chi connectivity index (χ1n) is 12.7. The van der Waals surface area contributed by atoms with Gasteiger partial charge in [-0.3, -0.25) is 15.6 Å². The fourth-order valence-corrected chi connectivity index (χ4v) is 7.23. The molecule has 0 radical (unpaired) electrons. The van der Waals surface area contributed by atoms with Crippen LogP contribution in [0.1, 0.15) is 43.2 Å². The molecule has 2 aromatic rings. The van der Waals surface area contributed by atoms with Crippen LogP contribution in [0.3, 0.4) is 0 Å². The molecule has 1 aliphatic carbocycles. The highest BCUT2D eigenvalue weighted by Crippen LogP contribution is 2.49. The summed E-state index contributed by atoms with van der Waals surface area (Å²) in [6.07, 6.45) is 7.02. The summed E-state index contributed by atoms with van der Waals surface area (Å²) in [6, 6.07) is 9.16. The number of anilines is 1. The van der Waals surface area contributed by atoms with E-state index in [1.54, 1.807) is 0 Å². The van der Waals surface area contributed by atoms with Crippen LogP contribution in [0.2, 0.25) is 0 Å². The minimum Gasteiger partial charge on any atom is -0.355 e.